The number of aryl methyl sites for hydroxylation is 1. The quantitative estimate of drug-likeness (QED) is 0.744. The predicted octanol–water partition coefficient (Wildman–Crippen LogP) is 1.56. The van der Waals surface area contributed by atoms with E-state index in [-0.39, 0.29) is 19.3 Å². The summed E-state index contributed by atoms with van der Waals surface area (Å²) in [5, 5.41) is 3.48. The van der Waals surface area contributed by atoms with Gasteiger partial charge in [-0.3, -0.25) is 0 Å². The van der Waals surface area contributed by atoms with Crippen LogP contribution < -0.4 is 10.8 Å². The highest BCUT2D eigenvalue weighted by Gasteiger charge is 2.37. The second kappa shape index (κ2) is 4.35. The average Bonchev–Trinajstić information content (AvgIpc) is 2.69. The molecule has 0 radical (unpaired) electrons. The topological polar surface area (TPSA) is 30.5 Å². The average molecular weight is 231 g/mol. The van der Waals surface area contributed by atoms with Gasteiger partial charge < -0.3 is 14.6 Å². The molecule has 1 saturated heterocycles. The number of hydrogen-bond donors (Lipinski definition) is 1. The summed E-state index contributed by atoms with van der Waals surface area (Å²) in [6.07, 6.45) is 2.68. The zero-order valence-corrected chi connectivity index (χ0v) is 10.4. The zero-order valence-electron chi connectivity index (χ0n) is 10.4. The van der Waals surface area contributed by atoms with Crippen molar-refractivity contribution in [2.24, 2.45) is 0 Å². The van der Waals surface area contributed by atoms with Gasteiger partial charge in [0, 0.05) is 17.7 Å². The Morgan fingerprint density at radius 1 is 1.24 bits per heavy atom. The summed E-state index contributed by atoms with van der Waals surface area (Å²) in [6.45, 7) is 5.17. The Kier molecular flexibility index (Phi) is 2.85. The van der Waals surface area contributed by atoms with Crippen molar-refractivity contribution in [3.05, 3.63) is 23.8 Å². The molecule has 0 aromatic heterocycles. The van der Waals surface area contributed by atoms with Crippen molar-refractivity contribution in [2.75, 3.05) is 11.9 Å². The Morgan fingerprint density at radius 3 is 2.76 bits per heavy atom. The summed E-state index contributed by atoms with van der Waals surface area (Å²) in [7, 11) is -0.208. The maximum Gasteiger partial charge on any atom is 0.496 e. The van der Waals surface area contributed by atoms with Crippen molar-refractivity contribution in [3.8, 4) is 0 Å². The van der Waals surface area contributed by atoms with E-state index in [1.54, 1.807) is 0 Å². The molecule has 4 heteroatoms. The van der Waals surface area contributed by atoms with Gasteiger partial charge >= 0.3 is 7.12 Å². The van der Waals surface area contributed by atoms with Crippen LogP contribution in [-0.2, 0) is 15.7 Å². The third-order valence-corrected chi connectivity index (χ3v) is 3.70. The molecule has 17 heavy (non-hydrogen) atoms. The second-order valence-electron chi connectivity index (χ2n) is 4.93. The van der Waals surface area contributed by atoms with Crippen LogP contribution in [0, 0.1) is 0 Å². The number of benzene rings is 1. The molecule has 1 N–H and O–H groups in total. The number of para-hydroxylation sites is 1. The van der Waals surface area contributed by atoms with Gasteiger partial charge in [0.1, 0.15) is 0 Å². The molecular formula is C13H18BNO2. The molecule has 1 aromatic carbocycles. The molecule has 3 nitrogen and oxygen atoms in total. The van der Waals surface area contributed by atoms with E-state index in [2.05, 4.69) is 37.4 Å². The van der Waals surface area contributed by atoms with Gasteiger partial charge in [0.05, 0.1) is 12.2 Å². The minimum Gasteiger partial charge on any atom is -0.402 e. The third kappa shape index (κ3) is 1.96. The van der Waals surface area contributed by atoms with Crippen LogP contribution in [0.2, 0.25) is 0 Å². The van der Waals surface area contributed by atoms with Gasteiger partial charge in [0.25, 0.3) is 0 Å². The molecule has 1 aromatic rings. The Hall–Kier alpha value is -0.995. The molecule has 2 aliphatic rings. The molecule has 2 atom stereocenters. The van der Waals surface area contributed by atoms with Gasteiger partial charge in [-0.25, -0.2) is 0 Å². The Bertz CT molecular complexity index is 414. The molecule has 3 rings (SSSR count). The molecule has 2 unspecified atom stereocenters. The molecular weight excluding hydrogens is 213 g/mol. The molecule has 0 bridgehead atoms. The fraction of sp³-hybridized carbons (Fsp3) is 0.538. The Balaban J connectivity index is 1.93. The van der Waals surface area contributed by atoms with Crippen LogP contribution in [0.1, 0.15) is 25.8 Å². The monoisotopic (exact) mass is 231 g/mol. The summed E-state index contributed by atoms with van der Waals surface area (Å²) < 4.78 is 11.7. The van der Waals surface area contributed by atoms with E-state index < -0.39 is 0 Å². The first kappa shape index (κ1) is 11.1. The van der Waals surface area contributed by atoms with Crippen LogP contribution in [0.25, 0.3) is 0 Å². The third-order valence-electron chi connectivity index (χ3n) is 3.70. The number of anilines is 1. The lowest BCUT2D eigenvalue weighted by atomic mass is 9.76. The van der Waals surface area contributed by atoms with Crippen molar-refractivity contribution in [1.29, 1.82) is 0 Å². The van der Waals surface area contributed by atoms with Gasteiger partial charge in [0.2, 0.25) is 0 Å². The smallest absolute Gasteiger partial charge is 0.402 e. The van der Waals surface area contributed by atoms with E-state index in [0.717, 1.165) is 18.4 Å². The predicted molar refractivity (Wildman–Crippen MR) is 69.7 cm³/mol. The van der Waals surface area contributed by atoms with Crippen LogP contribution in [0.3, 0.4) is 0 Å². The number of fused-ring (bicyclic) bond motifs is 1. The van der Waals surface area contributed by atoms with Crippen molar-refractivity contribution in [1.82, 2.24) is 0 Å². The summed E-state index contributed by atoms with van der Waals surface area (Å²) in [5.41, 5.74) is 3.76. The first-order valence-corrected chi connectivity index (χ1v) is 6.42. The lowest BCUT2D eigenvalue weighted by Gasteiger charge is -2.22. The Labute approximate surface area is 103 Å². The fourth-order valence-electron chi connectivity index (χ4n) is 2.52. The second-order valence-corrected chi connectivity index (χ2v) is 4.93. The molecule has 1 fully saturated rings. The highest BCUT2D eigenvalue weighted by molar-refractivity contribution is 6.63. The zero-order chi connectivity index (χ0) is 11.8. The molecule has 2 heterocycles. The first-order valence-electron chi connectivity index (χ1n) is 6.42. The number of hydrogen-bond acceptors (Lipinski definition) is 3. The maximum atomic E-state index is 5.86. The minimum atomic E-state index is -0.208. The van der Waals surface area contributed by atoms with Crippen LogP contribution in [-0.4, -0.2) is 25.9 Å². The van der Waals surface area contributed by atoms with E-state index in [4.69, 9.17) is 9.31 Å². The van der Waals surface area contributed by atoms with E-state index in [1.807, 2.05) is 0 Å². The van der Waals surface area contributed by atoms with Crippen LogP contribution in [0.4, 0.5) is 5.69 Å². The summed E-state index contributed by atoms with van der Waals surface area (Å²) in [4.78, 5) is 0. The van der Waals surface area contributed by atoms with Crippen molar-refractivity contribution < 1.29 is 9.31 Å². The Morgan fingerprint density at radius 2 is 2.00 bits per heavy atom. The largest absolute Gasteiger partial charge is 0.496 e. The van der Waals surface area contributed by atoms with Gasteiger partial charge in [-0.15, -0.1) is 0 Å². The molecule has 0 spiro atoms. The maximum absolute atomic E-state index is 5.86. The van der Waals surface area contributed by atoms with Crippen LogP contribution in [0.15, 0.2) is 18.2 Å². The number of nitrogens with one attached hydrogen (secondary N) is 1. The normalized spacial score (nSPS) is 27.8. The molecule has 0 saturated carbocycles. The molecule has 90 valence electrons. The van der Waals surface area contributed by atoms with Crippen molar-refractivity contribution >= 4 is 18.3 Å². The van der Waals surface area contributed by atoms with Gasteiger partial charge in [-0.2, -0.15) is 0 Å². The van der Waals surface area contributed by atoms with Gasteiger partial charge in [0.15, 0.2) is 0 Å². The van der Waals surface area contributed by atoms with Gasteiger partial charge in [-0.1, -0.05) is 18.2 Å². The molecule has 0 aliphatic carbocycles. The summed E-state index contributed by atoms with van der Waals surface area (Å²) in [6, 6.07) is 6.39. The van der Waals surface area contributed by atoms with E-state index >= 15 is 0 Å². The fourth-order valence-corrected chi connectivity index (χ4v) is 2.52. The highest BCUT2D eigenvalue weighted by atomic mass is 16.7. The van der Waals surface area contributed by atoms with Crippen LogP contribution in [0.5, 0.6) is 0 Å². The van der Waals surface area contributed by atoms with Gasteiger partial charge in [-0.05, 0) is 32.3 Å². The molecule has 0 amide bonds. The van der Waals surface area contributed by atoms with E-state index in [0.29, 0.717) is 0 Å². The lowest BCUT2D eigenvalue weighted by Crippen LogP contribution is -2.36. The van der Waals surface area contributed by atoms with Crippen molar-refractivity contribution in [3.63, 3.8) is 0 Å². The first-order chi connectivity index (χ1) is 8.25. The van der Waals surface area contributed by atoms with E-state index in [9.17, 15) is 0 Å². The van der Waals surface area contributed by atoms with Crippen LogP contribution >= 0.6 is 0 Å². The SMILES string of the molecule is CC1OB(c2cccc3c2NCCC3)OC1C. The number of rotatable bonds is 1. The standard InChI is InChI=1S/C13H18BNO2/c1-9-10(2)17-14(16-9)12-7-3-5-11-6-4-8-15-13(11)12/h3,5,7,9-10,15H,4,6,8H2,1-2H3. The van der Waals surface area contributed by atoms with Crippen molar-refractivity contribution in [2.45, 2.75) is 38.9 Å². The molecule has 2 aliphatic heterocycles. The minimum absolute atomic E-state index is 0.166. The van der Waals surface area contributed by atoms with E-state index in [1.165, 1.54) is 17.7 Å². The summed E-state index contributed by atoms with van der Waals surface area (Å²) in [5.74, 6) is 0. The highest BCUT2D eigenvalue weighted by Crippen LogP contribution is 2.23. The summed E-state index contributed by atoms with van der Waals surface area (Å²) >= 11 is 0. The lowest BCUT2D eigenvalue weighted by molar-refractivity contribution is 0.187.